The molecule has 0 unspecified atom stereocenters. The molecule has 8 nitrogen and oxygen atoms in total. The average Bonchev–Trinajstić information content (AvgIpc) is 3.50. The van der Waals surface area contributed by atoms with E-state index in [0.717, 1.165) is 81.1 Å². The van der Waals surface area contributed by atoms with Gasteiger partial charge in [-0.1, -0.05) is 24.4 Å². The van der Waals surface area contributed by atoms with Gasteiger partial charge >= 0.3 is 0 Å². The maximum Gasteiger partial charge on any atom is 0.271 e. The van der Waals surface area contributed by atoms with Crippen molar-refractivity contribution in [1.29, 1.82) is 0 Å². The zero-order valence-corrected chi connectivity index (χ0v) is 26.5. The molecule has 226 valence electrons. The van der Waals surface area contributed by atoms with E-state index in [1.165, 1.54) is 12.8 Å². The van der Waals surface area contributed by atoms with Crippen molar-refractivity contribution in [2.24, 2.45) is 5.41 Å². The van der Waals surface area contributed by atoms with Gasteiger partial charge in [0, 0.05) is 29.4 Å². The van der Waals surface area contributed by atoms with Crippen molar-refractivity contribution >= 4 is 44.1 Å². The number of likely N-dealkylation sites (tertiary alicyclic amines) is 1. The number of aryl methyl sites for hydroxylation is 1. The van der Waals surface area contributed by atoms with Crippen molar-refractivity contribution in [3.05, 3.63) is 51.4 Å². The van der Waals surface area contributed by atoms with Crippen molar-refractivity contribution in [2.75, 3.05) is 18.4 Å². The summed E-state index contributed by atoms with van der Waals surface area (Å²) in [7, 11) is -3.43. The van der Waals surface area contributed by atoms with Gasteiger partial charge in [0.2, 0.25) is 5.95 Å². The fourth-order valence-electron chi connectivity index (χ4n) is 7.44. The minimum absolute atomic E-state index is 0.0789. The van der Waals surface area contributed by atoms with E-state index in [0.29, 0.717) is 27.9 Å². The van der Waals surface area contributed by atoms with Gasteiger partial charge in [0.25, 0.3) is 5.56 Å². The predicted molar refractivity (Wildman–Crippen MR) is 169 cm³/mol. The van der Waals surface area contributed by atoms with Gasteiger partial charge in [-0.3, -0.25) is 9.36 Å². The lowest BCUT2D eigenvalue weighted by molar-refractivity contribution is 0.0536. The van der Waals surface area contributed by atoms with Crippen LogP contribution in [0.2, 0.25) is 5.02 Å². The fraction of sp³-hybridized carbons (Fsp3) is 0.594. The number of anilines is 2. The maximum absolute atomic E-state index is 13.7. The Morgan fingerprint density at radius 3 is 2.36 bits per heavy atom. The van der Waals surface area contributed by atoms with Crippen LogP contribution in [0, 0.1) is 12.3 Å². The summed E-state index contributed by atoms with van der Waals surface area (Å²) >= 11 is 6.27. The van der Waals surface area contributed by atoms with Gasteiger partial charge in [-0.05, 0) is 120 Å². The summed E-state index contributed by atoms with van der Waals surface area (Å²) in [5.41, 5.74) is 2.19. The average molecular weight is 612 g/mol. The van der Waals surface area contributed by atoms with Gasteiger partial charge in [-0.15, -0.1) is 0 Å². The minimum Gasteiger partial charge on any atom is -0.324 e. The van der Waals surface area contributed by atoms with Gasteiger partial charge < -0.3 is 10.2 Å². The Hall–Kier alpha value is -2.49. The van der Waals surface area contributed by atoms with E-state index in [1.54, 1.807) is 35.0 Å². The lowest BCUT2D eigenvalue weighted by Gasteiger charge is -2.46. The number of nitrogens with zero attached hydrogens (tertiary/aromatic N) is 4. The SMILES string of the molecule is Cc1cc(S(=O)(=O)C2CCC3(CC2)CCN(C(C)C)CC3)ccc1Nc1ncc2cc(Cl)c(=O)n(C3CCCC3)c2n1. The molecule has 1 aromatic carbocycles. The van der Waals surface area contributed by atoms with E-state index in [2.05, 4.69) is 29.0 Å². The van der Waals surface area contributed by atoms with Crippen molar-refractivity contribution < 1.29 is 8.42 Å². The number of pyridine rings is 1. The van der Waals surface area contributed by atoms with Crippen LogP contribution in [0.4, 0.5) is 11.6 Å². The highest BCUT2D eigenvalue weighted by Gasteiger charge is 2.42. The number of halogens is 1. The van der Waals surface area contributed by atoms with Crippen LogP contribution in [0.1, 0.15) is 89.7 Å². The lowest BCUT2D eigenvalue weighted by atomic mass is 9.68. The van der Waals surface area contributed by atoms with Crippen LogP contribution in [-0.4, -0.2) is 52.2 Å². The van der Waals surface area contributed by atoms with E-state index in [9.17, 15) is 13.2 Å². The molecule has 1 spiro atoms. The number of aromatic nitrogens is 3. The van der Waals surface area contributed by atoms with Crippen LogP contribution in [-0.2, 0) is 9.84 Å². The number of hydrogen-bond acceptors (Lipinski definition) is 7. The van der Waals surface area contributed by atoms with Crippen LogP contribution in [0.25, 0.3) is 11.0 Å². The number of rotatable bonds is 6. The molecule has 3 fully saturated rings. The first-order valence-electron chi connectivity index (χ1n) is 15.5. The zero-order valence-electron chi connectivity index (χ0n) is 24.9. The Bertz CT molecular complexity index is 1630. The van der Waals surface area contributed by atoms with Crippen LogP contribution in [0.3, 0.4) is 0 Å². The number of hydrogen-bond donors (Lipinski definition) is 1. The molecule has 2 aromatic heterocycles. The summed E-state index contributed by atoms with van der Waals surface area (Å²) in [6.45, 7) is 8.65. The van der Waals surface area contributed by atoms with Crippen LogP contribution in [0.5, 0.6) is 0 Å². The first-order chi connectivity index (χ1) is 20.1. The quantitative estimate of drug-likeness (QED) is 0.327. The standard InChI is InChI=1S/C32H42ClN5O3S/c1-21(2)37-16-14-32(15-17-37)12-10-25(11-13-32)42(40,41)26-8-9-28(22(3)18-26)35-31-34-20-23-19-27(33)30(39)38(29(23)36-31)24-6-4-5-7-24/h8-9,18-21,24-25H,4-7,10-17H2,1-3H3,(H,34,35,36). The van der Waals surface area contributed by atoms with Crippen molar-refractivity contribution in [3.63, 3.8) is 0 Å². The van der Waals surface area contributed by atoms with Gasteiger partial charge in [0.1, 0.15) is 10.7 Å². The molecule has 3 aliphatic rings. The third-order valence-electron chi connectivity index (χ3n) is 10.2. The molecule has 2 saturated carbocycles. The van der Waals surface area contributed by atoms with Crippen LogP contribution < -0.4 is 10.9 Å². The third-order valence-corrected chi connectivity index (χ3v) is 12.7. The highest BCUT2D eigenvalue weighted by Crippen LogP contribution is 2.47. The van der Waals surface area contributed by atoms with Crippen LogP contribution >= 0.6 is 11.6 Å². The van der Waals surface area contributed by atoms with E-state index >= 15 is 0 Å². The fourth-order valence-corrected chi connectivity index (χ4v) is 9.49. The molecule has 10 heteroatoms. The van der Waals surface area contributed by atoms with Gasteiger partial charge in [0.05, 0.1) is 10.1 Å². The van der Waals surface area contributed by atoms with E-state index in [4.69, 9.17) is 16.6 Å². The smallest absolute Gasteiger partial charge is 0.271 e. The first kappa shape index (κ1) is 29.6. The van der Waals surface area contributed by atoms with Crippen molar-refractivity contribution in [1.82, 2.24) is 19.4 Å². The molecular formula is C32H42ClN5O3S. The number of nitrogens with one attached hydrogen (secondary N) is 1. The summed E-state index contributed by atoms with van der Waals surface area (Å²) in [5, 5.41) is 3.82. The highest BCUT2D eigenvalue weighted by molar-refractivity contribution is 7.92. The van der Waals surface area contributed by atoms with Crippen molar-refractivity contribution in [2.45, 2.75) is 107 Å². The molecule has 0 atom stereocenters. The topological polar surface area (TPSA) is 97.2 Å². The Morgan fingerprint density at radius 2 is 1.71 bits per heavy atom. The molecule has 2 aliphatic carbocycles. The summed E-state index contributed by atoms with van der Waals surface area (Å²) in [6.07, 6.45) is 11.5. The number of sulfone groups is 1. The molecule has 0 radical (unpaired) electrons. The number of fused-ring (bicyclic) bond motifs is 1. The molecule has 1 aliphatic heterocycles. The monoisotopic (exact) mass is 611 g/mol. The molecular weight excluding hydrogens is 570 g/mol. The third kappa shape index (κ3) is 5.60. The normalized spacial score (nSPS) is 20.6. The second kappa shape index (κ2) is 11.5. The zero-order chi connectivity index (χ0) is 29.6. The Morgan fingerprint density at radius 1 is 1.02 bits per heavy atom. The Labute approximate surface area is 253 Å². The maximum atomic E-state index is 13.7. The second-order valence-electron chi connectivity index (χ2n) is 13.1. The Balaban J connectivity index is 1.18. The molecule has 3 heterocycles. The van der Waals surface area contributed by atoms with E-state index in [1.807, 2.05) is 6.92 Å². The minimum atomic E-state index is -3.43. The van der Waals surface area contributed by atoms with Gasteiger partial charge in [-0.25, -0.2) is 13.4 Å². The number of piperidine rings is 1. The van der Waals surface area contributed by atoms with E-state index in [-0.39, 0.29) is 21.9 Å². The largest absolute Gasteiger partial charge is 0.324 e. The molecule has 42 heavy (non-hydrogen) atoms. The van der Waals surface area contributed by atoms with Crippen molar-refractivity contribution in [3.8, 4) is 0 Å². The molecule has 0 bridgehead atoms. The molecule has 3 aromatic rings. The first-order valence-corrected chi connectivity index (χ1v) is 17.4. The summed E-state index contributed by atoms with van der Waals surface area (Å²) in [4.78, 5) is 25.1. The summed E-state index contributed by atoms with van der Waals surface area (Å²) < 4.78 is 29.1. The molecule has 6 rings (SSSR count). The van der Waals surface area contributed by atoms with Gasteiger partial charge in [-0.2, -0.15) is 4.98 Å². The molecule has 1 N–H and O–H groups in total. The van der Waals surface area contributed by atoms with Gasteiger partial charge in [0.15, 0.2) is 9.84 Å². The second-order valence-corrected chi connectivity index (χ2v) is 15.7. The predicted octanol–water partition coefficient (Wildman–Crippen LogP) is 6.82. The van der Waals surface area contributed by atoms with Crippen LogP contribution in [0.15, 0.2) is 40.2 Å². The summed E-state index contributed by atoms with van der Waals surface area (Å²) in [5.74, 6) is 0.357. The molecule has 0 amide bonds. The highest BCUT2D eigenvalue weighted by atomic mass is 35.5. The summed E-state index contributed by atoms with van der Waals surface area (Å²) in [6, 6.07) is 7.54. The van der Waals surface area contributed by atoms with E-state index < -0.39 is 9.84 Å². The number of benzene rings is 1. The molecule has 1 saturated heterocycles. The Kier molecular flexibility index (Phi) is 8.13. The lowest BCUT2D eigenvalue weighted by Crippen LogP contribution is -2.45.